The van der Waals surface area contributed by atoms with Crippen molar-refractivity contribution < 1.29 is 17.9 Å². The Hall–Kier alpha value is -0.440. The molecule has 1 aromatic rings. The summed E-state index contributed by atoms with van der Waals surface area (Å²) in [5, 5.41) is 1.09. The van der Waals surface area contributed by atoms with Crippen LogP contribution in [0.2, 0.25) is 0 Å². The van der Waals surface area contributed by atoms with E-state index in [0.717, 1.165) is 0 Å². The number of carbonyl (C=O) groups is 1. The molecule has 5 nitrogen and oxygen atoms in total. The highest BCUT2D eigenvalue weighted by molar-refractivity contribution is 9.11. The number of nitrogens with one attached hydrogen (secondary N) is 1. The van der Waals surface area contributed by atoms with Gasteiger partial charge in [-0.1, -0.05) is 0 Å². The van der Waals surface area contributed by atoms with Gasteiger partial charge in [-0.2, -0.15) is 0 Å². The van der Waals surface area contributed by atoms with E-state index in [2.05, 4.69) is 15.9 Å². The minimum atomic E-state index is -3.61. The number of rotatable bonds is 3. The summed E-state index contributed by atoms with van der Waals surface area (Å²) < 4.78 is 30.6. The summed E-state index contributed by atoms with van der Waals surface area (Å²) in [7, 11) is -3.61. The summed E-state index contributed by atoms with van der Waals surface area (Å²) in [5.41, 5.74) is 0.328. The van der Waals surface area contributed by atoms with E-state index >= 15 is 0 Å². The van der Waals surface area contributed by atoms with Crippen LogP contribution in [0, 0.1) is 0 Å². The number of hydrogen-bond donors (Lipinski definition) is 1. The Balaban J connectivity index is 2.11. The summed E-state index contributed by atoms with van der Waals surface area (Å²) in [6, 6.07) is 1.57. The van der Waals surface area contributed by atoms with Gasteiger partial charge in [0.1, 0.15) is 5.25 Å². The molecule has 0 radical (unpaired) electrons. The van der Waals surface area contributed by atoms with Gasteiger partial charge in [-0.25, -0.2) is 13.1 Å². The van der Waals surface area contributed by atoms with Gasteiger partial charge in [-0.3, -0.25) is 4.79 Å². The average Bonchev–Trinajstić information content (AvgIpc) is 2.45. The van der Waals surface area contributed by atoms with E-state index < -0.39 is 21.2 Å². The van der Waals surface area contributed by atoms with Crippen LogP contribution in [0.4, 0.5) is 0 Å². The van der Waals surface area contributed by atoms with Crippen LogP contribution in [-0.4, -0.2) is 32.8 Å². The SMILES string of the molecule is O=C(NS(=O)(=O)C1COC1)c1ccsc1Br. The number of sulfonamides is 1. The third kappa shape index (κ3) is 2.29. The molecule has 16 heavy (non-hydrogen) atoms. The number of hydrogen-bond acceptors (Lipinski definition) is 5. The molecule has 88 valence electrons. The molecular weight excluding hydrogens is 318 g/mol. The van der Waals surface area contributed by atoms with Crippen LogP contribution in [-0.2, 0) is 14.8 Å². The summed E-state index contributed by atoms with van der Waals surface area (Å²) in [5.74, 6) is -0.611. The minimum Gasteiger partial charge on any atom is -0.378 e. The molecule has 0 atom stereocenters. The summed E-state index contributed by atoms with van der Waals surface area (Å²) in [6.07, 6.45) is 0. The molecule has 0 saturated carbocycles. The van der Waals surface area contributed by atoms with E-state index in [-0.39, 0.29) is 13.2 Å². The highest BCUT2D eigenvalue weighted by Crippen LogP contribution is 2.23. The highest BCUT2D eigenvalue weighted by atomic mass is 79.9. The van der Waals surface area contributed by atoms with Crippen molar-refractivity contribution in [3.8, 4) is 0 Å². The van der Waals surface area contributed by atoms with Gasteiger partial charge in [0.2, 0.25) is 10.0 Å². The zero-order valence-electron chi connectivity index (χ0n) is 7.97. The number of ether oxygens (including phenoxy) is 1. The molecule has 1 N–H and O–H groups in total. The minimum absolute atomic E-state index is 0.146. The molecular formula is C8H8BrNO4S2. The van der Waals surface area contributed by atoms with Crippen LogP contribution in [0.3, 0.4) is 0 Å². The van der Waals surface area contributed by atoms with Gasteiger partial charge in [-0.15, -0.1) is 11.3 Å². The molecule has 2 rings (SSSR count). The zero-order chi connectivity index (χ0) is 11.8. The Morgan fingerprint density at radius 1 is 1.56 bits per heavy atom. The third-order valence-corrected chi connectivity index (χ3v) is 5.45. The van der Waals surface area contributed by atoms with Crippen LogP contribution in [0.15, 0.2) is 15.2 Å². The van der Waals surface area contributed by atoms with Crippen molar-refractivity contribution in [3.63, 3.8) is 0 Å². The third-order valence-electron chi connectivity index (χ3n) is 2.14. The molecule has 0 aliphatic carbocycles. The standard InChI is InChI=1S/C8H8BrNO4S2/c9-7-6(1-2-15-7)8(11)10-16(12,13)5-3-14-4-5/h1-2,5H,3-4H2,(H,10,11). The Morgan fingerprint density at radius 3 is 2.69 bits per heavy atom. The van der Waals surface area contributed by atoms with Crippen molar-refractivity contribution in [1.82, 2.24) is 4.72 Å². The van der Waals surface area contributed by atoms with Crippen molar-refractivity contribution >= 4 is 43.2 Å². The smallest absolute Gasteiger partial charge is 0.266 e. The molecule has 0 aromatic carbocycles. The fraction of sp³-hybridized carbons (Fsp3) is 0.375. The molecule has 1 fully saturated rings. The molecule has 1 aliphatic rings. The number of carbonyl (C=O) groups excluding carboxylic acids is 1. The quantitative estimate of drug-likeness (QED) is 0.898. The summed E-state index contributed by atoms with van der Waals surface area (Å²) >= 11 is 4.50. The van der Waals surface area contributed by atoms with Crippen molar-refractivity contribution in [3.05, 3.63) is 20.8 Å². The first-order chi connectivity index (χ1) is 7.50. The van der Waals surface area contributed by atoms with E-state index in [1.807, 2.05) is 4.72 Å². The van der Waals surface area contributed by atoms with E-state index in [9.17, 15) is 13.2 Å². The van der Waals surface area contributed by atoms with Crippen LogP contribution in [0.25, 0.3) is 0 Å². The van der Waals surface area contributed by atoms with Gasteiger partial charge in [0.25, 0.3) is 5.91 Å². The van der Waals surface area contributed by atoms with E-state index in [4.69, 9.17) is 4.74 Å². The Morgan fingerprint density at radius 2 is 2.25 bits per heavy atom. The first-order valence-electron chi connectivity index (χ1n) is 4.37. The zero-order valence-corrected chi connectivity index (χ0v) is 11.2. The van der Waals surface area contributed by atoms with Crippen molar-refractivity contribution in [2.45, 2.75) is 5.25 Å². The maximum Gasteiger partial charge on any atom is 0.266 e. The van der Waals surface area contributed by atoms with Gasteiger partial charge in [0, 0.05) is 0 Å². The second kappa shape index (κ2) is 4.44. The number of amides is 1. The van der Waals surface area contributed by atoms with E-state index in [1.165, 1.54) is 11.3 Å². The van der Waals surface area contributed by atoms with Crippen molar-refractivity contribution in [1.29, 1.82) is 0 Å². The molecule has 2 heterocycles. The topological polar surface area (TPSA) is 72.5 Å². The van der Waals surface area contributed by atoms with Crippen LogP contribution < -0.4 is 4.72 Å². The predicted molar refractivity (Wildman–Crippen MR) is 63.0 cm³/mol. The molecule has 0 unspecified atom stereocenters. The lowest BCUT2D eigenvalue weighted by molar-refractivity contribution is 0.0411. The second-order valence-electron chi connectivity index (χ2n) is 3.24. The lowest BCUT2D eigenvalue weighted by atomic mass is 10.3. The first-order valence-corrected chi connectivity index (χ1v) is 7.59. The Labute approximate surface area is 105 Å². The van der Waals surface area contributed by atoms with Gasteiger partial charge in [0.05, 0.1) is 22.6 Å². The van der Waals surface area contributed by atoms with Crippen LogP contribution in [0.5, 0.6) is 0 Å². The Kier molecular flexibility index (Phi) is 3.34. The van der Waals surface area contributed by atoms with Gasteiger partial charge in [0.15, 0.2) is 0 Å². The van der Waals surface area contributed by atoms with Crippen LogP contribution in [0.1, 0.15) is 10.4 Å². The fourth-order valence-corrected chi connectivity index (χ4v) is 3.45. The summed E-state index contributed by atoms with van der Waals surface area (Å²) in [6.45, 7) is 0.292. The largest absolute Gasteiger partial charge is 0.378 e. The predicted octanol–water partition coefficient (Wildman–Crippen LogP) is 0.969. The maximum absolute atomic E-state index is 11.6. The van der Waals surface area contributed by atoms with Gasteiger partial charge >= 0.3 is 0 Å². The maximum atomic E-state index is 11.6. The van der Waals surface area contributed by atoms with Crippen LogP contribution >= 0.6 is 27.3 Å². The summed E-state index contributed by atoms with van der Waals surface area (Å²) in [4.78, 5) is 11.6. The monoisotopic (exact) mass is 325 g/mol. The molecule has 1 amide bonds. The second-order valence-corrected chi connectivity index (χ2v) is 7.44. The molecule has 0 spiro atoms. The average molecular weight is 326 g/mol. The lowest BCUT2D eigenvalue weighted by Crippen LogP contribution is -2.48. The molecule has 8 heteroatoms. The Bertz CT molecular complexity index is 506. The van der Waals surface area contributed by atoms with E-state index in [0.29, 0.717) is 9.35 Å². The number of thiophene rings is 1. The van der Waals surface area contributed by atoms with Crippen molar-refractivity contribution in [2.24, 2.45) is 0 Å². The van der Waals surface area contributed by atoms with Gasteiger partial charge in [-0.05, 0) is 27.4 Å². The fourth-order valence-electron chi connectivity index (χ4n) is 1.12. The normalized spacial score (nSPS) is 16.8. The van der Waals surface area contributed by atoms with Gasteiger partial charge < -0.3 is 4.74 Å². The highest BCUT2D eigenvalue weighted by Gasteiger charge is 2.34. The molecule has 1 aliphatic heterocycles. The van der Waals surface area contributed by atoms with E-state index in [1.54, 1.807) is 11.4 Å². The molecule has 1 aromatic heterocycles. The first kappa shape index (κ1) is 12.0. The molecule has 1 saturated heterocycles. The van der Waals surface area contributed by atoms with Crippen molar-refractivity contribution in [2.75, 3.05) is 13.2 Å². The molecule has 0 bridgehead atoms. The number of halogens is 1. The lowest BCUT2D eigenvalue weighted by Gasteiger charge is -2.25.